The molecule has 1 aromatic heterocycles. The Kier molecular flexibility index (Phi) is 4.72. The molecule has 0 bridgehead atoms. The largest absolute Gasteiger partial charge is 0.390 e. The SMILES string of the molecule is CC(C)(NCC(O)CN1CCCC1)c1nccs1. The normalized spacial score (nSPS) is 19.3. The number of aliphatic hydroxyl groups is 1. The molecule has 2 N–H and O–H groups in total. The highest BCUT2D eigenvalue weighted by molar-refractivity contribution is 7.09. The van der Waals surface area contributed by atoms with Crippen LogP contribution in [0.4, 0.5) is 0 Å². The van der Waals surface area contributed by atoms with E-state index in [0.29, 0.717) is 6.54 Å². The molecule has 0 amide bonds. The fraction of sp³-hybridized carbons (Fsp3) is 0.769. The lowest BCUT2D eigenvalue weighted by molar-refractivity contribution is 0.115. The molecule has 1 aromatic rings. The number of likely N-dealkylation sites (tertiary alicyclic amines) is 1. The molecule has 0 spiro atoms. The minimum atomic E-state index is -0.303. The van der Waals surface area contributed by atoms with Crippen LogP contribution in [0.15, 0.2) is 11.6 Å². The summed E-state index contributed by atoms with van der Waals surface area (Å²) in [6, 6.07) is 0. The lowest BCUT2D eigenvalue weighted by Gasteiger charge is -2.27. The summed E-state index contributed by atoms with van der Waals surface area (Å²) in [5.74, 6) is 0. The van der Waals surface area contributed by atoms with Crippen molar-refractivity contribution in [3.63, 3.8) is 0 Å². The molecule has 1 atom stereocenters. The van der Waals surface area contributed by atoms with Crippen molar-refractivity contribution in [2.75, 3.05) is 26.2 Å². The third kappa shape index (κ3) is 3.75. The van der Waals surface area contributed by atoms with Crippen LogP contribution < -0.4 is 5.32 Å². The van der Waals surface area contributed by atoms with Crippen LogP contribution in [0.5, 0.6) is 0 Å². The van der Waals surface area contributed by atoms with E-state index in [1.807, 2.05) is 11.6 Å². The quantitative estimate of drug-likeness (QED) is 0.820. The van der Waals surface area contributed by atoms with Crippen LogP contribution in [0.1, 0.15) is 31.7 Å². The fourth-order valence-corrected chi connectivity index (χ4v) is 3.05. The molecule has 0 aromatic carbocycles. The Hall–Kier alpha value is -0.490. The van der Waals surface area contributed by atoms with Crippen LogP contribution in [-0.4, -0.2) is 47.3 Å². The molecule has 102 valence electrons. The number of hydrogen-bond donors (Lipinski definition) is 2. The topological polar surface area (TPSA) is 48.4 Å². The second kappa shape index (κ2) is 6.10. The monoisotopic (exact) mass is 269 g/mol. The summed E-state index contributed by atoms with van der Waals surface area (Å²) in [7, 11) is 0. The van der Waals surface area contributed by atoms with Gasteiger partial charge in [-0.1, -0.05) is 0 Å². The molecule has 0 aliphatic carbocycles. The Labute approximate surface area is 113 Å². The first-order valence-electron chi connectivity index (χ1n) is 6.63. The summed E-state index contributed by atoms with van der Waals surface area (Å²) >= 11 is 1.65. The Morgan fingerprint density at radius 3 is 2.83 bits per heavy atom. The van der Waals surface area contributed by atoms with Crippen molar-refractivity contribution in [3.05, 3.63) is 16.6 Å². The van der Waals surface area contributed by atoms with Gasteiger partial charge in [0.2, 0.25) is 0 Å². The maximum atomic E-state index is 10.0. The second-order valence-corrected chi connectivity index (χ2v) is 6.40. The predicted octanol–water partition coefficient (Wildman–Crippen LogP) is 1.42. The Balaban J connectivity index is 1.76. The number of nitrogens with zero attached hydrogens (tertiary/aromatic N) is 2. The number of hydrogen-bond acceptors (Lipinski definition) is 5. The molecule has 2 rings (SSSR count). The van der Waals surface area contributed by atoms with Crippen molar-refractivity contribution in [1.29, 1.82) is 0 Å². The van der Waals surface area contributed by atoms with E-state index in [0.717, 1.165) is 24.6 Å². The average molecular weight is 269 g/mol. The molecule has 0 radical (unpaired) electrons. The van der Waals surface area contributed by atoms with Crippen molar-refractivity contribution >= 4 is 11.3 Å². The zero-order chi connectivity index (χ0) is 13.0. The second-order valence-electron chi connectivity index (χ2n) is 5.50. The molecule has 1 aliphatic rings. The lowest BCUT2D eigenvalue weighted by Crippen LogP contribution is -2.44. The first kappa shape index (κ1) is 13.9. The molecule has 5 heteroatoms. The van der Waals surface area contributed by atoms with Crippen LogP contribution in [0.3, 0.4) is 0 Å². The number of thiazole rings is 1. The van der Waals surface area contributed by atoms with Gasteiger partial charge in [-0.05, 0) is 39.8 Å². The fourth-order valence-electron chi connectivity index (χ4n) is 2.31. The molecule has 0 saturated carbocycles. The van der Waals surface area contributed by atoms with Crippen molar-refractivity contribution < 1.29 is 5.11 Å². The van der Waals surface area contributed by atoms with Crippen molar-refractivity contribution in [2.24, 2.45) is 0 Å². The summed E-state index contributed by atoms with van der Waals surface area (Å²) in [6.45, 7) is 7.87. The molecule has 4 nitrogen and oxygen atoms in total. The van der Waals surface area contributed by atoms with E-state index in [2.05, 4.69) is 29.0 Å². The van der Waals surface area contributed by atoms with Crippen LogP contribution in [-0.2, 0) is 5.54 Å². The van der Waals surface area contributed by atoms with Gasteiger partial charge in [0, 0.05) is 24.7 Å². The van der Waals surface area contributed by atoms with Gasteiger partial charge in [-0.15, -0.1) is 11.3 Å². The van der Waals surface area contributed by atoms with E-state index >= 15 is 0 Å². The lowest BCUT2D eigenvalue weighted by atomic mass is 10.1. The molecule has 1 aliphatic heterocycles. The minimum absolute atomic E-state index is 0.167. The van der Waals surface area contributed by atoms with Gasteiger partial charge in [0.05, 0.1) is 11.6 Å². The zero-order valence-corrected chi connectivity index (χ0v) is 12.0. The number of rotatable bonds is 6. The Morgan fingerprint density at radius 1 is 1.50 bits per heavy atom. The highest BCUT2D eigenvalue weighted by atomic mass is 32.1. The van der Waals surface area contributed by atoms with Gasteiger partial charge in [-0.25, -0.2) is 4.98 Å². The van der Waals surface area contributed by atoms with E-state index in [9.17, 15) is 5.11 Å². The summed E-state index contributed by atoms with van der Waals surface area (Å²) in [5, 5.41) is 16.5. The van der Waals surface area contributed by atoms with Crippen molar-refractivity contribution in [2.45, 2.75) is 38.3 Å². The molecule has 1 fully saturated rings. The number of aliphatic hydroxyl groups excluding tert-OH is 1. The molecular formula is C13H23N3OS. The van der Waals surface area contributed by atoms with Gasteiger partial charge in [-0.3, -0.25) is 0 Å². The van der Waals surface area contributed by atoms with E-state index in [1.54, 1.807) is 11.3 Å². The molecular weight excluding hydrogens is 246 g/mol. The van der Waals surface area contributed by atoms with Crippen molar-refractivity contribution in [3.8, 4) is 0 Å². The standard InChI is InChI=1S/C13H23N3OS/c1-13(2,12-14-5-8-18-12)15-9-11(17)10-16-6-3-4-7-16/h5,8,11,15,17H,3-4,6-7,9-10H2,1-2H3. The predicted molar refractivity (Wildman–Crippen MR) is 74.8 cm³/mol. The molecule has 18 heavy (non-hydrogen) atoms. The smallest absolute Gasteiger partial charge is 0.112 e. The van der Waals surface area contributed by atoms with E-state index in [1.165, 1.54) is 12.8 Å². The maximum absolute atomic E-state index is 10.0. The highest BCUT2D eigenvalue weighted by Crippen LogP contribution is 2.21. The number of β-amino-alcohol motifs (C(OH)–C–C–N with tert-alkyl or cyclic N) is 1. The van der Waals surface area contributed by atoms with Gasteiger partial charge in [0.1, 0.15) is 5.01 Å². The highest BCUT2D eigenvalue weighted by Gasteiger charge is 2.24. The third-order valence-corrected chi connectivity index (χ3v) is 4.51. The van der Waals surface area contributed by atoms with Gasteiger partial charge in [-0.2, -0.15) is 0 Å². The van der Waals surface area contributed by atoms with Crippen LogP contribution in [0.25, 0.3) is 0 Å². The molecule has 1 saturated heterocycles. The van der Waals surface area contributed by atoms with Gasteiger partial charge >= 0.3 is 0 Å². The summed E-state index contributed by atoms with van der Waals surface area (Å²) in [5.41, 5.74) is -0.167. The zero-order valence-electron chi connectivity index (χ0n) is 11.2. The van der Waals surface area contributed by atoms with Crippen LogP contribution >= 0.6 is 11.3 Å². The average Bonchev–Trinajstić information content (AvgIpc) is 2.99. The van der Waals surface area contributed by atoms with Gasteiger partial charge in [0.25, 0.3) is 0 Å². The van der Waals surface area contributed by atoms with E-state index in [-0.39, 0.29) is 11.6 Å². The number of aromatic nitrogens is 1. The van der Waals surface area contributed by atoms with Gasteiger partial charge in [0.15, 0.2) is 0 Å². The molecule has 1 unspecified atom stereocenters. The first-order valence-corrected chi connectivity index (χ1v) is 7.51. The summed E-state index contributed by atoms with van der Waals surface area (Å²) in [4.78, 5) is 6.67. The number of nitrogens with one attached hydrogen (secondary N) is 1. The first-order chi connectivity index (χ1) is 8.58. The van der Waals surface area contributed by atoms with E-state index < -0.39 is 0 Å². The minimum Gasteiger partial charge on any atom is -0.390 e. The Bertz CT molecular complexity index is 347. The van der Waals surface area contributed by atoms with Crippen molar-refractivity contribution in [1.82, 2.24) is 15.2 Å². The van der Waals surface area contributed by atoms with E-state index in [4.69, 9.17) is 0 Å². The van der Waals surface area contributed by atoms with Gasteiger partial charge < -0.3 is 15.3 Å². The van der Waals surface area contributed by atoms with Crippen LogP contribution in [0.2, 0.25) is 0 Å². The maximum Gasteiger partial charge on any atom is 0.112 e. The summed E-state index contributed by atoms with van der Waals surface area (Å²) < 4.78 is 0. The Morgan fingerprint density at radius 2 is 2.22 bits per heavy atom. The third-order valence-electron chi connectivity index (χ3n) is 3.41. The molecule has 2 heterocycles. The van der Waals surface area contributed by atoms with Crippen LogP contribution in [0, 0.1) is 0 Å². The summed E-state index contributed by atoms with van der Waals surface area (Å²) in [6.07, 6.45) is 4.06.